The standard InChI is InChI=1S/C13H25N3O3S.HI/c1-14-13(16-12-5-8-20(17,18)10-12)15-6-2-7-19-9-11-3-4-11;/h11-12H,2-10H2,1H3,(H2,14,15,16);1H. The number of hydrogen-bond donors (Lipinski definition) is 2. The lowest BCUT2D eigenvalue weighted by atomic mass is 10.3. The molecule has 1 aliphatic heterocycles. The molecule has 0 aromatic rings. The predicted octanol–water partition coefficient (Wildman–Crippen LogP) is 0.773. The van der Waals surface area contributed by atoms with Gasteiger partial charge in [0.15, 0.2) is 15.8 Å². The molecule has 8 heteroatoms. The second kappa shape index (κ2) is 9.14. The van der Waals surface area contributed by atoms with Gasteiger partial charge >= 0.3 is 0 Å². The highest BCUT2D eigenvalue weighted by Crippen LogP contribution is 2.28. The Morgan fingerprint density at radius 2 is 2.10 bits per heavy atom. The summed E-state index contributed by atoms with van der Waals surface area (Å²) in [6, 6.07) is -0.0164. The SMILES string of the molecule is CN=C(NCCCOCC1CC1)NC1CCS(=O)(=O)C1.I. The normalized spacial score (nSPS) is 24.4. The van der Waals surface area contributed by atoms with Crippen LogP contribution in [0.25, 0.3) is 0 Å². The molecule has 0 radical (unpaired) electrons. The van der Waals surface area contributed by atoms with Crippen LogP contribution < -0.4 is 10.6 Å². The van der Waals surface area contributed by atoms with Crippen LogP contribution in [0.15, 0.2) is 4.99 Å². The molecule has 0 aromatic carbocycles. The smallest absolute Gasteiger partial charge is 0.191 e. The van der Waals surface area contributed by atoms with E-state index in [4.69, 9.17) is 4.74 Å². The molecule has 21 heavy (non-hydrogen) atoms. The summed E-state index contributed by atoms with van der Waals surface area (Å²) in [7, 11) is -1.15. The van der Waals surface area contributed by atoms with Gasteiger partial charge in [-0.15, -0.1) is 24.0 Å². The van der Waals surface area contributed by atoms with Gasteiger partial charge in [0.05, 0.1) is 11.5 Å². The Kier molecular flexibility index (Phi) is 8.25. The first-order valence-corrected chi connectivity index (χ1v) is 9.16. The number of ether oxygens (including phenoxy) is 1. The quantitative estimate of drug-likeness (QED) is 0.270. The summed E-state index contributed by atoms with van der Waals surface area (Å²) >= 11 is 0. The summed E-state index contributed by atoms with van der Waals surface area (Å²) in [4.78, 5) is 4.11. The van der Waals surface area contributed by atoms with Gasteiger partial charge in [-0.1, -0.05) is 0 Å². The molecule has 1 saturated heterocycles. The lowest BCUT2D eigenvalue weighted by Crippen LogP contribution is -2.44. The van der Waals surface area contributed by atoms with E-state index in [1.54, 1.807) is 7.05 Å². The van der Waals surface area contributed by atoms with E-state index in [0.717, 1.165) is 32.1 Å². The van der Waals surface area contributed by atoms with Crippen LogP contribution in [0.5, 0.6) is 0 Å². The Balaban J connectivity index is 0.00000220. The summed E-state index contributed by atoms with van der Waals surface area (Å²) in [5.74, 6) is 1.96. The Morgan fingerprint density at radius 1 is 1.33 bits per heavy atom. The molecule has 2 aliphatic rings. The van der Waals surface area contributed by atoms with Crippen LogP contribution in [0, 0.1) is 5.92 Å². The average molecular weight is 431 g/mol. The van der Waals surface area contributed by atoms with Crippen LogP contribution in [-0.2, 0) is 14.6 Å². The van der Waals surface area contributed by atoms with Crippen molar-refractivity contribution in [1.82, 2.24) is 10.6 Å². The number of sulfone groups is 1. The molecule has 1 aliphatic carbocycles. The number of nitrogens with zero attached hydrogens (tertiary/aromatic N) is 1. The Morgan fingerprint density at radius 3 is 2.67 bits per heavy atom. The van der Waals surface area contributed by atoms with Gasteiger partial charge in [0.1, 0.15) is 0 Å². The van der Waals surface area contributed by atoms with Gasteiger partial charge in [-0.3, -0.25) is 4.99 Å². The van der Waals surface area contributed by atoms with Gasteiger partial charge in [-0.2, -0.15) is 0 Å². The molecule has 6 nitrogen and oxygen atoms in total. The van der Waals surface area contributed by atoms with Crippen LogP contribution in [0.1, 0.15) is 25.7 Å². The molecule has 0 spiro atoms. The molecule has 124 valence electrons. The lowest BCUT2D eigenvalue weighted by Gasteiger charge is -2.16. The Labute approximate surface area is 144 Å². The number of hydrogen-bond acceptors (Lipinski definition) is 4. The van der Waals surface area contributed by atoms with Crippen molar-refractivity contribution in [3.8, 4) is 0 Å². The average Bonchev–Trinajstić information content (AvgIpc) is 3.16. The lowest BCUT2D eigenvalue weighted by molar-refractivity contribution is 0.123. The minimum atomic E-state index is -2.85. The Bertz CT molecular complexity index is 438. The van der Waals surface area contributed by atoms with E-state index in [-0.39, 0.29) is 41.5 Å². The largest absolute Gasteiger partial charge is 0.381 e. The van der Waals surface area contributed by atoms with E-state index >= 15 is 0 Å². The first-order chi connectivity index (χ1) is 9.59. The molecule has 1 heterocycles. The maximum atomic E-state index is 11.4. The number of nitrogens with one attached hydrogen (secondary N) is 2. The van der Waals surface area contributed by atoms with Crippen molar-refractivity contribution in [2.45, 2.75) is 31.7 Å². The van der Waals surface area contributed by atoms with Crippen LogP contribution >= 0.6 is 24.0 Å². The third-order valence-electron chi connectivity index (χ3n) is 3.61. The molecular weight excluding hydrogens is 405 g/mol. The maximum absolute atomic E-state index is 11.4. The highest BCUT2D eigenvalue weighted by atomic mass is 127. The van der Waals surface area contributed by atoms with Gasteiger partial charge in [0, 0.05) is 32.8 Å². The van der Waals surface area contributed by atoms with Crippen molar-refractivity contribution >= 4 is 39.8 Å². The van der Waals surface area contributed by atoms with Crippen molar-refractivity contribution in [3.05, 3.63) is 0 Å². The minimum Gasteiger partial charge on any atom is -0.381 e. The van der Waals surface area contributed by atoms with Crippen LogP contribution in [0.3, 0.4) is 0 Å². The van der Waals surface area contributed by atoms with Crippen molar-refractivity contribution in [2.75, 3.05) is 38.3 Å². The summed E-state index contributed by atoms with van der Waals surface area (Å²) < 4.78 is 28.3. The third-order valence-corrected chi connectivity index (χ3v) is 5.37. The van der Waals surface area contributed by atoms with E-state index in [0.29, 0.717) is 12.4 Å². The van der Waals surface area contributed by atoms with Crippen molar-refractivity contribution in [3.63, 3.8) is 0 Å². The molecule has 0 aromatic heterocycles. The third kappa shape index (κ3) is 7.64. The number of guanidine groups is 1. The first-order valence-electron chi connectivity index (χ1n) is 7.34. The molecule has 1 saturated carbocycles. The van der Waals surface area contributed by atoms with Gasteiger partial charge in [0.2, 0.25) is 0 Å². The maximum Gasteiger partial charge on any atom is 0.191 e. The molecule has 2 fully saturated rings. The monoisotopic (exact) mass is 431 g/mol. The van der Waals surface area contributed by atoms with Gasteiger partial charge in [-0.05, 0) is 31.6 Å². The zero-order chi connectivity index (χ0) is 14.4. The van der Waals surface area contributed by atoms with E-state index in [9.17, 15) is 8.42 Å². The Hall–Kier alpha value is -0.0900. The minimum absolute atomic E-state index is 0. The van der Waals surface area contributed by atoms with E-state index in [1.807, 2.05) is 0 Å². The molecule has 0 amide bonds. The number of aliphatic imine (C=N–C) groups is 1. The van der Waals surface area contributed by atoms with Crippen LogP contribution in [-0.4, -0.2) is 58.7 Å². The zero-order valence-corrected chi connectivity index (χ0v) is 15.7. The van der Waals surface area contributed by atoms with Gasteiger partial charge in [0.25, 0.3) is 0 Å². The fourth-order valence-corrected chi connectivity index (χ4v) is 3.89. The fraction of sp³-hybridized carbons (Fsp3) is 0.923. The number of halogens is 1. The summed E-state index contributed by atoms with van der Waals surface area (Å²) in [5.41, 5.74) is 0. The van der Waals surface area contributed by atoms with Crippen LogP contribution in [0.4, 0.5) is 0 Å². The topological polar surface area (TPSA) is 79.8 Å². The number of rotatable bonds is 7. The second-order valence-electron chi connectivity index (χ2n) is 5.62. The highest BCUT2D eigenvalue weighted by molar-refractivity contribution is 14.0. The van der Waals surface area contributed by atoms with Gasteiger partial charge in [-0.25, -0.2) is 8.42 Å². The molecule has 2 rings (SSSR count). The zero-order valence-electron chi connectivity index (χ0n) is 12.5. The highest BCUT2D eigenvalue weighted by Gasteiger charge is 2.28. The molecule has 1 atom stereocenters. The second-order valence-corrected chi connectivity index (χ2v) is 7.84. The molecule has 1 unspecified atom stereocenters. The molecule has 0 bridgehead atoms. The van der Waals surface area contributed by atoms with Crippen LogP contribution in [0.2, 0.25) is 0 Å². The first kappa shape index (κ1) is 19.0. The predicted molar refractivity (Wildman–Crippen MR) is 95.1 cm³/mol. The summed E-state index contributed by atoms with van der Waals surface area (Å²) in [6.07, 6.45) is 4.22. The van der Waals surface area contributed by atoms with Crippen molar-refractivity contribution in [1.29, 1.82) is 0 Å². The summed E-state index contributed by atoms with van der Waals surface area (Å²) in [6.45, 7) is 2.44. The molecule has 2 N–H and O–H groups in total. The van der Waals surface area contributed by atoms with E-state index < -0.39 is 9.84 Å². The fourth-order valence-electron chi connectivity index (χ4n) is 2.21. The van der Waals surface area contributed by atoms with E-state index in [2.05, 4.69) is 15.6 Å². The van der Waals surface area contributed by atoms with Crippen molar-refractivity contribution < 1.29 is 13.2 Å². The molecular formula is C13H26IN3O3S. The summed E-state index contributed by atoms with van der Waals surface area (Å²) in [5, 5.41) is 6.35. The van der Waals surface area contributed by atoms with E-state index in [1.165, 1.54) is 12.8 Å². The van der Waals surface area contributed by atoms with Gasteiger partial charge < -0.3 is 15.4 Å². The van der Waals surface area contributed by atoms with Crippen molar-refractivity contribution in [2.24, 2.45) is 10.9 Å².